The van der Waals surface area contributed by atoms with Gasteiger partial charge in [0.25, 0.3) is 5.91 Å². The first kappa shape index (κ1) is 14.3. The molecule has 2 aromatic rings. The molecule has 0 aliphatic carbocycles. The number of carbonyl (C=O) groups is 2. The quantitative estimate of drug-likeness (QED) is 0.876. The normalized spacial score (nSPS) is 15.9. The molecule has 1 aliphatic rings. The maximum absolute atomic E-state index is 13.3. The van der Waals surface area contributed by atoms with Crippen LogP contribution in [0.5, 0.6) is 0 Å². The summed E-state index contributed by atoms with van der Waals surface area (Å²) in [5, 5.41) is 3.74. The fourth-order valence-electron chi connectivity index (χ4n) is 2.29. The SMILES string of the molecule is O=C1CCN(C(=O)c2sc3cc(F)ccc3c2Cl)CCN1. The van der Waals surface area contributed by atoms with E-state index in [-0.39, 0.29) is 24.1 Å². The number of thiophene rings is 1. The molecule has 0 atom stereocenters. The van der Waals surface area contributed by atoms with E-state index in [2.05, 4.69) is 5.32 Å². The van der Waals surface area contributed by atoms with Crippen molar-refractivity contribution in [1.29, 1.82) is 0 Å². The summed E-state index contributed by atoms with van der Waals surface area (Å²) in [7, 11) is 0. The van der Waals surface area contributed by atoms with Crippen molar-refractivity contribution in [3.8, 4) is 0 Å². The van der Waals surface area contributed by atoms with Gasteiger partial charge in [0.2, 0.25) is 5.91 Å². The Morgan fingerprint density at radius 3 is 3.00 bits per heavy atom. The zero-order valence-corrected chi connectivity index (χ0v) is 12.6. The summed E-state index contributed by atoms with van der Waals surface area (Å²) < 4.78 is 13.9. The molecule has 1 N–H and O–H groups in total. The molecule has 110 valence electrons. The Kier molecular flexibility index (Phi) is 3.82. The van der Waals surface area contributed by atoms with Crippen LogP contribution in [0.4, 0.5) is 4.39 Å². The lowest BCUT2D eigenvalue weighted by Crippen LogP contribution is -2.33. The first-order valence-corrected chi connectivity index (χ1v) is 7.69. The van der Waals surface area contributed by atoms with E-state index in [0.717, 1.165) is 0 Å². The third kappa shape index (κ3) is 2.73. The van der Waals surface area contributed by atoms with Crippen LogP contribution in [0.15, 0.2) is 18.2 Å². The van der Waals surface area contributed by atoms with Gasteiger partial charge in [-0.05, 0) is 18.2 Å². The summed E-state index contributed by atoms with van der Waals surface area (Å²) in [6.45, 7) is 1.24. The highest BCUT2D eigenvalue weighted by molar-refractivity contribution is 7.21. The summed E-state index contributed by atoms with van der Waals surface area (Å²) >= 11 is 7.43. The zero-order valence-electron chi connectivity index (χ0n) is 11.0. The molecule has 21 heavy (non-hydrogen) atoms. The van der Waals surface area contributed by atoms with Gasteiger partial charge in [-0.2, -0.15) is 0 Å². The van der Waals surface area contributed by atoms with Gasteiger partial charge in [-0.1, -0.05) is 11.6 Å². The van der Waals surface area contributed by atoms with Crippen LogP contribution in [-0.2, 0) is 4.79 Å². The van der Waals surface area contributed by atoms with Crippen LogP contribution in [0.3, 0.4) is 0 Å². The van der Waals surface area contributed by atoms with Gasteiger partial charge >= 0.3 is 0 Å². The van der Waals surface area contributed by atoms with Crippen LogP contribution >= 0.6 is 22.9 Å². The van der Waals surface area contributed by atoms with Gasteiger partial charge in [0, 0.05) is 36.1 Å². The third-order valence-electron chi connectivity index (χ3n) is 3.39. The second-order valence-electron chi connectivity index (χ2n) is 4.78. The molecular formula is C14H12ClFN2O2S. The Morgan fingerprint density at radius 2 is 2.19 bits per heavy atom. The molecule has 2 amide bonds. The smallest absolute Gasteiger partial charge is 0.265 e. The number of rotatable bonds is 1. The highest BCUT2D eigenvalue weighted by Crippen LogP contribution is 2.36. The highest BCUT2D eigenvalue weighted by Gasteiger charge is 2.24. The molecule has 1 saturated heterocycles. The topological polar surface area (TPSA) is 49.4 Å². The van der Waals surface area contributed by atoms with Crippen molar-refractivity contribution < 1.29 is 14.0 Å². The van der Waals surface area contributed by atoms with Gasteiger partial charge in [0.15, 0.2) is 0 Å². The highest BCUT2D eigenvalue weighted by atomic mass is 35.5. The van der Waals surface area contributed by atoms with E-state index in [9.17, 15) is 14.0 Å². The van der Waals surface area contributed by atoms with Gasteiger partial charge in [0.05, 0.1) is 5.02 Å². The third-order valence-corrected chi connectivity index (χ3v) is 5.03. The lowest BCUT2D eigenvalue weighted by atomic mass is 10.2. The molecule has 7 heteroatoms. The number of halogens is 2. The number of amides is 2. The van der Waals surface area contributed by atoms with E-state index in [1.165, 1.54) is 23.5 Å². The minimum atomic E-state index is -0.357. The van der Waals surface area contributed by atoms with Crippen LogP contribution in [0.2, 0.25) is 5.02 Å². The largest absolute Gasteiger partial charge is 0.354 e. The van der Waals surface area contributed by atoms with E-state index in [1.807, 2.05) is 0 Å². The Balaban J connectivity index is 1.94. The molecule has 0 unspecified atom stereocenters. The molecule has 2 heterocycles. The first-order valence-electron chi connectivity index (χ1n) is 6.50. The van der Waals surface area contributed by atoms with E-state index in [1.54, 1.807) is 11.0 Å². The summed E-state index contributed by atoms with van der Waals surface area (Å²) in [6.07, 6.45) is 0.281. The van der Waals surface area contributed by atoms with Crippen molar-refractivity contribution >= 4 is 44.8 Å². The molecule has 1 aromatic carbocycles. The lowest BCUT2D eigenvalue weighted by Gasteiger charge is -2.18. The van der Waals surface area contributed by atoms with Crippen LogP contribution in [0, 0.1) is 5.82 Å². The first-order chi connectivity index (χ1) is 10.1. The number of nitrogens with zero attached hydrogens (tertiary/aromatic N) is 1. The molecule has 3 rings (SSSR count). The average molecular weight is 327 g/mol. The zero-order chi connectivity index (χ0) is 15.0. The second kappa shape index (κ2) is 5.61. The molecule has 1 fully saturated rings. The predicted octanol–water partition coefficient (Wildman–Crippen LogP) is 2.66. The molecule has 0 bridgehead atoms. The number of nitrogens with one attached hydrogen (secondary N) is 1. The van der Waals surface area contributed by atoms with Crippen LogP contribution in [0.25, 0.3) is 10.1 Å². The Labute approximate surface area is 129 Å². The average Bonchev–Trinajstić information content (AvgIpc) is 2.63. The minimum Gasteiger partial charge on any atom is -0.354 e. The maximum Gasteiger partial charge on any atom is 0.265 e. The summed E-state index contributed by atoms with van der Waals surface area (Å²) in [5.74, 6) is -0.628. The van der Waals surface area contributed by atoms with Crippen molar-refractivity contribution in [2.75, 3.05) is 19.6 Å². The maximum atomic E-state index is 13.3. The van der Waals surface area contributed by atoms with E-state index in [0.29, 0.717) is 39.6 Å². The fraction of sp³-hybridized carbons (Fsp3) is 0.286. The molecule has 0 saturated carbocycles. The van der Waals surface area contributed by atoms with Crippen molar-refractivity contribution in [3.63, 3.8) is 0 Å². The number of hydrogen-bond donors (Lipinski definition) is 1. The van der Waals surface area contributed by atoms with E-state index in [4.69, 9.17) is 11.6 Å². The van der Waals surface area contributed by atoms with Crippen molar-refractivity contribution in [2.45, 2.75) is 6.42 Å². The number of carbonyl (C=O) groups excluding carboxylic acids is 2. The Morgan fingerprint density at radius 1 is 1.38 bits per heavy atom. The van der Waals surface area contributed by atoms with Crippen molar-refractivity contribution in [3.05, 3.63) is 33.9 Å². The van der Waals surface area contributed by atoms with Gasteiger partial charge in [-0.15, -0.1) is 11.3 Å². The molecule has 1 aromatic heterocycles. The second-order valence-corrected chi connectivity index (χ2v) is 6.21. The van der Waals surface area contributed by atoms with Crippen LogP contribution < -0.4 is 5.32 Å². The molecular weight excluding hydrogens is 315 g/mol. The van der Waals surface area contributed by atoms with Gasteiger partial charge in [-0.25, -0.2) is 4.39 Å². The van der Waals surface area contributed by atoms with Crippen LogP contribution in [0.1, 0.15) is 16.1 Å². The number of benzene rings is 1. The fourth-order valence-corrected chi connectivity index (χ4v) is 3.80. The van der Waals surface area contributed by atoms with Crippen molar-refractivity contribution in [1.82, 2.24) is 10.2 Å². The lowest BCUT2D eigenvalue weighted by molar-refractivity contribution is -0.120. The summed E-state index contributed by atoms with van der Waals surface area (Å²) in [4.78, 5) is 25.9. The van der Waals surface area contributed by atoms with Crippen molar-refractivity contribution in [2.24, 2.45) is 0 Å². The van der Waals surface area contributed by atoms with Crippen LogP contribution in [-0.4, -0.2) is 36.3 Å². The minimum absolute atomic E-state index is 0.0604. The monoisotopic (exact) mass is 326 g/mol. The van der Waals surface area contributed by atoms with Gasteiger partial charge in [-0.3, -0.25) is 9.59 Å². The van der Waals surface area contributed by atoms with Gasteiger partial charge < -0.3 is 10.2 Å². The molecule has 0 radical (unpaired) electrons. The standard InChI is InChI=1S/C14H12ClFN2O2S/c15-12-9-2-1-8(16)7-10(9)21-13(12)14(20)18-5-3-11(19)17-4-6-18/h1-2,7H,3-6H2,(H,17,19). The Hall–Kier alpha value is -1.66. The molecule has 1 aliphatic heterocycles. The van der Waals surface area contributed by atoms with E-state index >= 15 is 0 Å². The summed E-state index contributed by atoms with van der Waals surface area (Å²) in [5.41, 5.74) is 0. The van der Waals surface area contributed by atoms with Gasteiger partial charge in [0.1, 0.15) is 10.7 Å². The number of fused-ring (bicyclic) bond motifs is 1. The van der Waals surface area contributed by atoms with E-state index < -0.39 is 0 Å². The molecule has 4 nitrogen and oxygen atoms in total. The predicted molar refractivity (Wildman–Crippen MR) is 80.3 cm³/mol. The Bertz CT molecular complexity index is 731. The molecule has 0 spiro atoms. The summed E-state index contributed by atoms with van der Waals surface area (Å²) in [6, 6.07) is 4.27. The number of hydrogen-bond acceptors (Lipinski definition) is 3.